The highest BCUT2D eigenvalue weighted by molar-refractivity contribution is 6.30. The molecular formula is C28H23ClFN5O2. The number of anilines is 1. The third-order valence-corrected chi connectivity index (χ3v) is 6.17. The van der Waals surface area contributed by atoms with Crippen LogP contribution in [0.3, 0.4) is 0 Å². The lowest BCUT2D eigenvalue weighted by atomic mass is 9.99. The quantitative estimate of drug-likeness (QED) is 0.300. The maximum absolute atomic E-state index is 14.7. The third kappa shape index (κ3) is 5.27. The van der Waals surface area contributed by atoms with Gasteiger partial charge in [0.15, 0.2) is 5.65 Å². The Labute approximate surface area is 217 Å². The summed E-state index contributed by atoms with van der Waals surface area (Å²) in [5.41, 5.74) is 4.21. The molecule has 0 saturated heterocycles. The zero-order chi connectivity index (χ0) is 25.8. The third-order valence-electron chi connectivity index (χ3n) is 5.93. The molecule has 0 aliphatic rings. The predicted molar refractivity (Wildman–Crippen MR) is 143 cm³/mol. The van der Waals surface area contributed by atoms with Crippen LogP contribution in [-0.4, -0.2) is 56.5 Å². The fourth-order valence-electron chi connectivity index (χ4n) is 4.20. The first-order chi connectivity index (χ1) is 18.1. The second-order valence-corrected chi connectivity index (χ2v) is 8.77. The van der Waals surface area contributed by atoms with E-state index in [1.807, 2.05) is 47.4 Å². The number of hydrogen-bond acceptors (Lipinski definition) is 7. The minimum absolute atomic E-state index is 0.0539. The summed E-state index contributed by atoms with van der Waals surface area (Å²) in [7, 11) is 0. The maximum Gasteiger partial charge on any atom is 0.160 e. The molecule has 1 aromatic carbocycles. The fraction of sp³-hybridized carbons (Fsp3) is 0.143. The number of aromatic nitrogens is 4. The predicted octanol–water partition coefficient (Wildman–Crippen LogP) is 5.00. The maximum atomic E-state index is 14.7. The summed E-state index contributed by atoms with van der Waals surface area (Å²) in [5, 5.41) is 20.0. The van der Waals surface area contributed by atoms with E-state index >= 15 is 0 Å². The number of fused-ring (bicyclic) bond motifs is 1. The number of aliphatic hydroxyl groups is 2. The topological polar surface area (TPSA) is 95.3 Å². The van der Waals surface area contributed by atoms with Crippen molar-refractivity contribution in [3.8, 4) is 33.6 Å². The number of pyridine rings is 4. The molecule has 2 N–H and O–H groups in total. The van der Waals surface area contributed by atoms with Crippen molar-refractivity contribution in [3.05, 3.63) is 90.1 Å². The largest absolute Gasteiger partial charge is 0.395 e. The van der Waals surface area contributed by atoms with Crippen LogP contribution in [0.25, 0.3) is 44.7 Å². The van der Waals surface area contributed by atoms with E-state index in [1.54, 1.807) is 24.7 Å². The summed E-state index contributed by atoms with van der Waals surface area (Å²) < 4.78 is 14.7. The monoisotopic (exact) mass is 515 g/mol. The summed E-state index contributed by atoms with van der Waals surface area (Å²) in [6.45, 7) is 0.603. The molecule has 5 aromatic rings. The Hall–Kier alpha value is -3.98. The van der Waals surface area contributed by atoms with Crippen LogP contribution in [0.4, 0.5) is 10.2 Å². The van der Waals surface area contributed by atoms with Gasteiger partial charge in [0, 0.05) is 58.8 Å². The van der Waals surface area contributed by atoms with Crippen molar-refractivity contribution in [1.82, 2.24) is 19.9 Å². The smallest absolute Gasteiger partial charge is 0.160 e. The SMILES string of the molecule is OCCN(CCO)c1cccc(-c2cncc(-c3cc(-c4cc(Cl)ccc4F)nc4ncccc34)c2)n1. The average molecular weight is 516 g/mol. The van der Waals surface area contributed by atoms with E-state index in [0.29, 0.717) is 41.0 Å². The number of hydrogen-bond donors (Lipinski definition) is 2. The van der Waals surface area contributed by atoms with Gasteiger partial charge in [0.25, 0.3) is 0 Å². The zero-order valence-electron chi connectivity index (χ0n) is 19.7. The Bertz CT molecular complexity index is 1560. The lowest BCUT2D eigenvalue weighted by molar-refractivity contribution is 0.280. The highest BCUT2D eigenvalue weighted by Crippen LogP contribution is 2.34. The van der Waals surface area contributed by atoms with Crippen LogP contribution in [-0.2, 0) is 0 Å². The van der Waals surface area contributed by atoms with E-state index in [4.69, 9.17) is 16.6 Å². The molecular weight excluding hydrogens is 493 g/mol. The van der Waals surface area contributed by atoms with Crippen LogP contribution in [0, 0.1) is 5.82 Å². The van der Waals surface area contributed by atoms with Gasteiger partial charge in [-0.3, -0.25) is 4.98 Å². The lowest BCUT2D eigenvalue weighted by Crippen LogP contribution is -2.30. The molecule has 0 bridgehead atoms. The number of benzene rings is 1. The molecule has 0 saturated carbocycles. The molecule has 4 heterocycles. The second-order valence-electron chi connectivity index (χ2n) is 8.33. The molecule has 5 rings (SSSR count). The number of nitrogens with zero attached hydrogens (tertiary/aromatic N) is 5. The summed E-state index contributed by atoms with van der Waals surface area (Å²) in [6, 6.07) is 17.5. The van der Waals surface area contributed by atoms with Gasteiger partial charge in [-0.05, 0) is 60.2 Å². The van der Waals surface area contributed by atoms with Gasteiger partial charge >= 0.3 is 0 Å². The lowest BCUT2D eigenvalue weighted by Gasteiger charge is -2.22. The molecule has 0 radical (unpaired) electrons. The van der Waals surface area contributed by atoms with Gasteiger partial charge in [0.1, 0.15) is 11.6 Å². The molecule has 0 atom stereocenters. The first-order valence-corrected chi connectivity index (χ1v) is 12.1. The first-order valence-electron chi connectivity index (χ1n) is 11.7. The zero-order valence-corrected chi connectivity index (χ0v) is 20.5. The average Bonchev–Trinajstić information content (AvgIpc) is 2.94. The van der Waals surface area contributed by atoms with Crippen LogP contribution in [0.1, 0.15) is 0 Å². The summed E-state index contributed by atoms with van der Waals surface area (Å²) in [4.78, 5) is 20.0. The van der Waals surface area contributed by atoms with E-state index in [2.05, 4.69) is 15.0 Å². The molecule has 0 unspecified atom stereocenters. The van der Waals surface area contributed by atoms with Crippen molar-refractivity contribution in [1.29, 1.82) is 0 Å². The Balaban J connectivity index is 1.62. The van der Waals surface area contributed by atoms with Crippen LogP contribution in [0.15, 0.2) is 79.3 Å². The van der Waals surface area contributed by atoms with Crippen molar-refractivity contribution in [2.75, 3.05) is 31.2 Å². The fourth-order valence-corrected chi connectivity index (χ4v) is 4.37. The van der Waals surface area contributed by atoms with Gasteiger partial charge in [-0.2, -0.15) is 0 Å². The minimum Gasteiger partial charge on any atom is -0.395 e. The summed E-state index contributed by atoms with van der Waals surface area (Å²) in [6.07, 6.45) is 5.10. The second kappa shape index (κ2) is 11.0. The molecule has 7 nitrogen and oxygen atoms in total. The van der Waals surface area contributed by atoms with Crippen LogP contribution >= 0.6 is 11.6 Å². The van der Waals surface area contributed by atoms with Gasteiger partial charge < -0.3 is 15.1 Å². The van der Waals surface area contributed by atoms with Gasteiger partial charge in [-0.1, -0.05) is 17.7 Å². The van der Waals surface area contributed by atoms with E-state index < -0.39 is 5.82 Å². The number of aliphatic hydroxyl groups excluding tert-OH is 2. The first kappa shape index (κ1) is 24.7. The summed E-state index contributed by atoms with van der Waals surface area (Å²) >= 11 is 6.15. The Morgan fingerprint density at radius 3 is 2.43 bits per heavy atom. The molecule has 186 valence electrons. The highest BCUT2D eigenvalue weighted by atomic mass is 35.5. The number of rotatable bonds is 8. The molecule has 0 amide bonds. The van der Waals surface area contributed by atoms with Crippen LogP contribution in [0.5, 0.6) is 0 Å². The van der Waals surface area contributed by atoms with Gasteiger partial charge in [-0.25, -0.2) is 19.3 Å². The van der Waals surface area contributed by atoms with Crippen LogP contribution < -0.4 is 4.90 Å². The number of halogens is 2. The molecule has 0 aliphatic heterocycles. The van der Waals surface area contributed by atoms with Crippen molar-refractivity contribution in [2.24, 2.45) is 0 Å². The van der Waals surface area contributed by atoms with Gasteiger partial charge in [0.2, 0.25) is 0 Å². The van der Waals surface area contributed by atoms with Crippen molar-refractivity contribution < 1.29 is 14.6 Å². The van der Waals surface area contributed by atoms with Crippen molar-refractivity contribution in [2.45, 2.75) is 0 Å². The van der Waals surface area contributed by atoms with Gasteiger partial charge in [0.05, 0.1) is 24.6 Å². The molecule has 0 fully saturated rings. The Morgan fingerprint density at radius 1 is 0.811 bits per heavy atom. The molecule has 9 heteroatoms. The minimum atomic E-state index is -0.429. The highest BCUT2D eigenvalue weighted by Gasteiger charge is 2.15. The van der Waals surface area contributed by atoms with E-state index in [9.17, 15) is 14.6 Å². The van der Waals surface area contributed by atoms with Crippen molar-refractivity contribution >= 4 is 28.5 Å². The van der Waals surface area contributed by atoms with Crippen molar-refractivity contribution in [3.63, 3.8) is 0 Å². The van der Waals surface area contributed by atoms with E-state index in [0.717, 1.165) is 22.1 Å². The van der Waals surface area contributed by atoms with E-state index in [-0.39, 0.29) is 18.8 Å². The molecule has 4 aromatic heterocycles. The summed E-state index contributed by atoms with van der Waals surface area (Å²) in [5.74, 6) is 0.213. The standard InChI is InChI=1S/C28H23ClFN5O2/c29-20-6-7-24(30)23(14-20)26-15-22(21-3-2-8-32-28(21)34-26)18-13-19(17-31-16-18)25-4-1-5-27(33-25)35(9-11-36)10-12-37/h1-8,13-17,36-37H,9-12H2. The normalized spacial score (nSPS) is 11.1. The molecule has 0 aliphatic carbocycles. The van der Waals surface area contributed by atoms with E-state index in [1.165, 1.54) is 12.1 Å². The molecule has 0 spiro atoms. The van der Waals surface area contributed by atoms with Gasteiger partial charge in [-0.15, -0.1) is 0 Å². The Kier molecular flexibility index (Phi) is 7.32. The van der Waals surface area contributed by atoms with Crippen LogP contribution in [0.2, 0.25) is 5.02 Å². The molecule has 37 heavy (non-hydrogen) atoms. The Morgan fingerprint density at radius 2 is 1.62 bits per heavy atom.